The quantitative estimate of drug-likeness (QED) is 0.851. The second-order valence-electron chi connectivity index (χ2n) is 5.18. The molecule has 2 aromatic carbocycles. The molecule has 0 bridgehead atoms. The topological polar surface area (TPSA) is 66.4 Å². The Balaban J connectivity index is 2.04. The van der Waals surface area contributed by atoms with Gasteiger partial charge in [-0.3, -0.25) is 4.79 Å². The van der Waals surface area contributed by atoms with E-state index in [4.69, 9.17) is 0 Å². The van der Waals surface area contributed by atoms with Gasteiger partial charge in [0.05, 0.1) is 6.42 Å². The summed E-state index contributed by atoms with van der Waals surface area (Å²) in [5.74, 6) is -4.72. The van der Waals surface area contributed by atoms with Gasteiger partial charge < -0.3 is 10.4 Å². The van der Waals surface area contributed by atoms with Gasteiger partial charge in [0.15, 0.2) is 11.6 Å². The van der Waals surface area contributed by atoms with E-state index in [-0.39, 0.29) is 24.0 Å². The molecule has 7 heteroatoms. The van der Waals surface area contributed by atoms with Crippen LogP contribution in [0.4, 0.5) is 13.2 Å². The molecule has 0 aliphatic carbocycles. The lowest BCUT2D eigenvalue weighted by Crippen LogP contribution is -2.43. The van der Waals surface area contributed by atoms with Gasteiger partial charge in [-0.05, 0) is 29.3 Å². The van der Waals surface area contributed by atoms with E-state index in [2.05, 4.69) is 5.32 Å². The first-order valence-corrected chi connectivity index (χ1v) is 7.06. The first-order chi connectivity index (χ1) is 11.4. The number of carbonyl (C=O) groups is 2. The Hall–Kier alpha value is -2.83. The van der Waals surface area contributed by atoms with E-state index in [1.54, 1.807) is 6.07 Å². The average Bonchev–Trinajstić information content (AvgIpc) is 2.52. The lowest BCUT2D eigenvalue weighted by atomic mass is 10.0. The van der Waals surface area contributed by atoms with Gasteiger partial charge in [-0.1, -0.05) is 24.3 Å². The molecule has 2 rings (SSSR count). The average molecular weight is 337 g/mol. The maximum atomic E-state index is 13.6. The Morgan fingerprint density at radius 3 is 2.33 bits per heavy atom. The third-order valence-corrected chi connectivity index (χ3v) is 3.36. The van der Waals surface area contributed by atoms with E-state index in [1.807, 2.05) is 0 Å². The van der Waals surface area contributed by atoms with Gasteiger partial charge in [0.2, 0.25) is 5.91 Å². The fraction of sp³-hybridized carbons (Fsp3) is 0.176. The van der Waals surface area contributed by atoms with Crippen LogP contribution in [0.15, 0.2) is 42.5 Å². The predicted octanol–water partition coefficient (Wildman–Crippen LogP) is 2.46. The van der Waals surface area contributed by atoms with Crippen LogP contribution in [-0.2, 0) is 22.4 Å². The van der Waals surface area contributed by atoms with Crippen molar-refractivity contribution in [1.82, 2.24) is 5.32 Å². The SMILES string of the molecule is O=C(Cc1ccc(F)c(F)c1)N[C@@H](Cc1ccccc1F)C(=O)O. The largest absolute Gasteiger partial charge is 0.480 e. The van der Waals surface area contributed by atoms with Crippen molar-refractivity contribution in [3.05, 3.63) is 71.0 Å². The van der Waals surface area contributed by atoms with Crippen molar-refractivity contribution in [1.29, 1.82) is 0 Å². The first-order valence-electron chi connectivity index (χ1n) is 7.06. The Kier molecular flexibility index (Phi) is 5.57. The van der Waals surface area contributed by atoms with E-state index in [1.165, 1.54) is 24.3 Å². The highest BCUT2D eigenvalue weighted by molar-refractivity contribution is 5.85. The molecule has 1 amide bonds. The third-order valence-electron chi connectivity index (χ3n) is 3.36. The van der Waals surface area contributed by atoms with E-state index < -0.39 is 35.4 Å². The number of hydrogen-bond acceptors (Lipinski definition) is 2. The molecule has 0 spiro atoms. The molecule has 0 aromatic heterocycles. The summed E-state index contributed by atoms with van der Waals surface area (Å²) in [6.45, 7) is 0. The number of carboxylic acids is 1. The molecule has 0 saturated carbocycles. The molecule has 0 aliphatic heterocycles. The number of hydrogen-bond donors (Lipinski definition) is 2. The summed E-state index contributed by atoms with van der Waals surface area (Å²) in [5, 5.41) is 11.4. The number of benzene rings is 2. The number of aliphatic carboxylic acids is 1. The van der Waals surface area contributed by atoms with Crippen LogP contribution in [0, 0.1) is 17.5 Å². The standard InChI is InChI=1S/C17H14F3NO3/c18-12-4-2-1-3-11(12)9-15(17(23)24)21-16(22)8-10-5-6-13(19)14(20)7-10/h1-7,15H,8-9H2,(H,21,22)(H,23,24)/t15-/m0/s1. The van der Waals surface area contributed by atoms with Crippen molar-refractivity contribution in [2.45, 2.75) is 18.9 Å². The highest BCUT2D eigenvalue weighted by atomic mass is 19.2. The highest BCUT2D eigenvalue weighted by Gasteiger charge is 2.22. The minimum Gasteiger partial charge on any atom is -0.480 e. The van der Waals surface area contributed by atoms with Crippen molar-refractivity contribution in [3.8, 4) is 0 Å². The molecular formula is C17H14F3NO3. The van der Waals surface area contributed by atoms with Crippen LogP contribution >= 0.6 is 0 Å². The molecule has 2 aromatic rings. The number of halogens is 3. The lowest BCUT2D eigenvalue weighted by molar-refractivity contribution is -0.141. The van der Waals surface area contributed by atoms with Crippen molar-refractivity contribution in [2.75, 3.05) is 0 Å². The van der Waals surface area contributed by atoms with Crippen molar-refractivity contribution >= 4 is 11.9 Å². The van der Waals surface area contributed by atoms with Crippen LogP contribution in [0.1, 0.15) is 11.1 Å². The van der Waals surface area contributed by atoms with E-state index in [9.17, 15) is 27.9 Å². The van der Waals surface area contributed by atoms with Gasteiger partial charge in [-0.2, -0.15) is 0 Å². The second kappa shape index (κ2) is 7.63. The first kappa shape index (κ1) is 17.5. The normalized spacial score (nSPS) is 11.8. The van der Waals surface area contributed by atoms with E-state index in [0.717, 1.165) is 12.1 Å². The summed E-state index contributed by atoms with van der Waals surface area (Å²) in [6.07, 6.45) is -0.552. The number of amides is 1. The number of carbonyl (C=O) groups excluding carboxylic acids is 1. The van der Waals surface area contributed by atoms with Gasteiger partial charge in [-0.15, -0.1) is 0 Å². The van der Waals surface area contributed by atoms with Gasteiger partial charge >= 0.3 is 5.97 Å². The zero-order valence-corrected chi connectivity index (χ0v) is 12.4. The minimum atomic E-state index is -1.33. The summed E-state index contributed by atoms with van der Waals surface area (Å²) in [5.41, 5.74) is 0.347. The monoisotopic (exact) mass is 337 g/mol. The molecule has 0 saturated heterocycles. The van der Waals surface area contributed by atoms with Gasteiger partial charge in [0.25, 0.3) is 0 Å². The summed E-state index contributed by atoms with van der Waals surface area (Å²) in [6, 6.07) is 7.28. The molecule has 24 heavy (non-hydrogen) atoms. The zero-order valence-electron chi connectivity index (χ0n) is 12.4. The molecule has 0 fully saturated rings. The van der Waals surface area contributed by atoms with Crippen LogP contribution < -0.4 is 5.32 Å². The van der Waals surface area contributed by atoms with Gasteiger partial charge in [-0.25, -0.2) is 18.0 Å². The summed E-state index contributed by atoms with van der Waals surface area (Å²) in [7, 11) is 0. The molecule has 0 aliphatic rings. The maximum absolute atomic E-state index is 13.6. The molecular weight excluding hydrogens is 323 g/mol. The Labute approximate surface area is 135 Å². The van der Waals surface area contributed by atoms with Gasteiger partial charge in [0, 0.05) is 6.42 Å². The fourth-order valence-corrected chi connectivity index (χ4v) is 2.16. The Bertz CT molecular complexity index is 764. The van der Waals surface area contributed by atoms with Crippen molar-refractivity contribution in [2.24, 2.45) is 0 Å². The highest BCUT2D eigenvalue weighted by Crippen LogP contribution is 2.11. The third kappa shape index (κ3) is 4.58. The Morgan fingerprint density at radius 2 is 1.71 bits per heavy atom. The van der Waals surface area contributed by atoms with Crippen LogP contribution in [0.5, 0.6) is 0 Å². The number of carboxylic acid groups (broad SMARTS) is 1. The summed E-state index contributed by atoms with van der Waals surface area (Å²) >= 11 is 0. The molecule has 0 radical (unpaired) electrons. The number of rotatable bonds is 6. The molecule has 1 atom stereocenters. The van der Waals surface area contributed by atoms with Crippen molar-refractivity contribution < 1.29 is 27.9 Å². The second-order valence-corrected chi connectivity index (χ2v) is 5.18. The fourth-order valence-electron chi connectivity index (χ4n) is 2.16. The lowest BCUT2D eigenvalue weighted by Gasteiger charge is -2.15. The molecule has 4 nitrogen and oxygen atoms in total. The zero-order chi connectivity index (χ0) is 17.7. The summed E-state index contributed by atoms with van der Waals surface area (Å²) in [4.78, 5) is 23.2. The van der Waals surface area contributed by atoms with Crippen LogP contribution in [0.2, 0.25) is 0 Å². The van der Waals surface area contributed by atoms with E-state index >= 15 is 0 Å². The smallest absolute Gasteiger partial charge is 0.326 e. The molecule has 0 heterocycles. The maximum Gasteiger partial charge on any atom is 0.326 e. The molecule has 126 valence electrons. The summed E-state index contributed by atoms with van der Waals surface area (Å²) < 4.78 is 39.6. The molecule has 0 unspecified atom stereocenters. The van der Waals surface area contributed by atoms with Crippen LogP contribution in [-0.4, -0.2) is 23.0 Å². The molecule has 2 N–H and O–H groups in total. The number of nitrogens with one attached hydrogen (secondary N) is 1. The van der Waals surface area contributed by atoms with Gasteiger partial charge in [0.1, 0.15) is 11.9 Å². The van der Waals surface area contributed by atoms with Crippen LogP contribution in [0.25, 0.3) is 0 Å². The van der Waals surface area contributed by atoms with Crippen molar-refractivity contribution in [3.63, 3.8) is 0 Å². The van der Waals surface area contributed by atoms with Crippen LogP contribution in [0.3, 0.4) is 0 Å². The predicted molar refractivity (Wildman–Crippen MR) is 79.7 cm³/mol. The van der Waals surface area contributed by atoms with E-state index in [0.29, 0.717) is 0 Å². The minimum absolute atomic E-state index is 0.151. The Morgan fingerprint density at radius 1 is 1.00 bits per heavy atom.